The van der Waals surface area contributed by atoms with E-state index in [-0.39, 0.29) is 11.4 Å². The van der Waals surface area contributed by atoms with Crippen molar-refractivity contribution >= 4 is 33.7 Å². The zero-order valence-electron chi connectivity index (χ0n) is 10.00. The van der Waals surface area contributed by atoms with E-state index in [0.717, 1.165) is 22.5 Å². The second-order valence-corrected chi connectivity index (χ2v) is 5.57. The summed E-state index contributed by atoms with van der Waals surface area (Å²) in [5.74, 6) is 0.235. The fraction of sp³-hybridized carbons (Fsp3) is 0.0769. The van der Waals surface area contributed by atoms with Crippen molar-refractivity contribution in [2.24, 2.45) is 0 Å². The van der Waals surface area contributed by atoms with Crippen LogP contribution in [0.5, 0.6) is 5.75 Å². The van der Waals surface area contributed by atoms with E-state index in [1.165, 1.54) is 6.07 Å². The molecule has 0 aliphatic carbocycles. The van der Waals surface area contributed by atoms with Crippen LogP contribution in [0.15, 0.2) is 51.8 Å². The number of hydrogen-bond donors (Lipinski definition) is 0. The van der Waals surface area contributed by atoms with Crippen molar-refractivity contribution in [1.82, 2.24) is 0 Å². The fourth-order valence-corrected chi connectivity index (χ4v) is 2.31. The lowest BCUT2D eigenvalue weighted by molar-refractivity contribution is -0.385. The number of hydrogen-bond acceptors (Lipinski definition) is 4. The zero-order chi connectivity index (χ0) is 13.8. The molecule has 2 aromatic rings. The summed E-state index contributed by atoms with van der Waals surface area (Å²) in [5.41, 5.74) is 1.09. The van der Waals surface area contributed by atoms with Crippen LogP contribution in [-0.4, -0.2) is 4.92 Å². The third-order valence-electron chi connectivity index (χ3n) is 2.37. The molecule has 2 aromatic carbocycles. The van der Waals surface area contributed by atoms with Gasteiger partial charge in [-0.15, -0.1) is 0 Å². The average Bonchev–Trinajstić information content (AvgIpc) is 2.39. The summed E-state index contributed by atoms with van der Waals surface area (Å²) in [4.78, 5) is 11.4. The van der Waals surface area contributed by atoms with E-state index < -0.39 is 4.92 Å². The number of benzene rings is 2. The number of nitrogens with zero attached hydrogens (tertiary/aromatic N) is 1. The highest BCUT2D eigenvalue weighted by Crippen LogP contribution is 2.34. The number of halogens is 1. The van der Waals surface area contributed by atoms with E-state index in [1.54, 1.807) is 12.1 Å². The normalized spacial score (nSPS) is 10.2. The van der Waals surface area contributed by atoms with Gasteiger partial charge in [0.2, 0.25) is 5.75 Å². The van der Waals surface area contributed by atoms with Crippen LogP contribution in [0.4, 0.5) is 5.69 Å². The molecule has 0 unspecified atom stereocenters. The Bertz CT molecular complexity index is 601. The lowest BCUT2D eigenvalue weighted by atomic mass is 10.2. The Hall–Kier alpha value is -1.53. The van der Waals surface area contributed by atoms with Gasteiger partial charge in [-0.3, -0.25) is 10.1 Å². The molecule has 0 heterocycles. The van der Waals surface area contributed by atoms with Crippen LogP contribution < -0.4 is 4.18 Å². The molecule has 0 atom stereocenters. The van der Waals surface area contributed by atoms with Gasteiger partial charge in [-0.25, -0.2) is 0 Å². The molecule has 0 aliphatic heterocycles. The van der Waals surface area contributed by atoms with Crippen LogP contribution in [0.25, 0.3) is 0 Å². The molecular weight excluding hydrogens is 330 g/mol. The Morgan fingerprint density at radius 2 is 1.89 bits per heavy atom. The summed E-state index contributed by atoms with van der Waals surface area (Å²) >= 11 is 4.30. The van der Waals surface area contributed by atoms with Crippen molar-refractivity contribution in [2.75, 3.05) is 0 Å². The van der Waals surface area contributed by atoms with Crippen molar-refractivity contribution in [3.05, 3.63) is 62.6 Å². The lowest BCUT2D eigenvalue weighted by Crippen LogP contribution is -1.92. The van der Waals surface area contributed by atoms with Crippen LogP contribution in [0.3, 0.4) is 0 Å². The van der Waals surface area contributed by atoms with Gasteiger partial charge < -0.3 is 4.18 Å². The van der Waals surface area contributed by atoms with Crippen molar-refractivity contribution in [3.63, 3.8) is 0 Å². The molecule has 0 fully saturated rings. The quantitative estimate of drug-likeness (QED) is 0.458. The minimum absolute atomic E-state index is 0.0611. The van der Waals surface area contributed by atoms with E-state index in [9.17, 15) is 10.1 Å². The molecule has 6 heteroatoms. The molecule has 0 aromatic heterocycles. The molecule has 4 nitrogen and oxygen atoms in total. The fourth-order valence-electron chi connectivity index (χ4n) is 1.39. The van der Waals surface area contributed by atoms with Crippen LogP contribution >= 0.6 is 28.0 Å². The minimum Gasteiger partial charge on any atom is -0.413 e. The molecule has 0 N–H and O–H groups in total. The molecule has 19 heavy (non-hydrogen) atoms. The Balaban J connectivity index is 2.15. The smallest absolute Gasteiger partial charge is 0.313 e. The van der Waals surface area contributed by atoms with Gasteiger partial charge in [-0.05, 0) is 31.2 Å². The predicted molar refractivity (Wildman–Crippen MR) is 78.5 cm³/mol. The summed E-state index contributed by atoms with van der Waals surface area (Å²) in [6.07, 6.45) is 0. The van der Waals surface area contributed by atoms with E-state index in [1.807, 2.05) is 31.2 Å². The maximum atomic E-state index is 10.9. The standard InChI is InChI=1S/C13H10BrNO3S/c1-9-2-5-11(6-3-9)19-18-13-7-4-10(14)8-12(13)15(16)17/h2-8H,1H3. The topological polar surface area (TPSA) is 52.4 Å². The highest BCUT2D eigenvalue weighted by Gasteiger charge is 2.16. The van der Waals surface area contributed by atoms with Crippen LogP contribution in [-0.2, 0) is 0 Å². The number of rotatable bonds is 4. The third-order valence-corrected chi connectivity index (χ3v) is 3.59. The van der Waals surface area contributed by atoms with Gasteiger partial charge in [-0.1, -0.05) is 33.6 Å². The van der Waals surface area contributed by atoms with Gasteiger partial charge >= 0.3 is 5.69 Å². The van der Waals surface area contributed by atoms with Crippen molar-refractivity contribution < 1.29 is 9.11 Å². The second-order valence-electron chi connectivity index (χ2n) is 3.85. The highest BCUT2D eigenvalue weighted by atomic mass is 79.9. The molecule has 0 spiro atoms. The van der Waals surface area contributed by atoms with Gasteiger partial charge in [0, 0.05) is 15.4 Å². The van der Waals surface area contributed by atoms with Gasteiger partial charge in [0.25, 0.3) is 0 Å². The number of aryl methyl sites for hydroxylation is 1. The van der Waals surface area contributed by atoms with Gasteiger partial charge in [0.05, 0.1) is 17.0 Å². The maximum Gasteiger partial charge on any atom is 0.313 e. The predicted octanol–water partition coefficient (Wildman–Crippen LogP) is 4.75. The monoisotopic (exact) mass is 339 g/mol. The molecule has 0 aliphatic rings. The Morgan fingerprint density at radius 3 is 2.53 bits per heavy atom. The van der Waals surface area contributed by atoms with E-state index >= 15 is 0 Å². The van der Waals surface area contributed by atoms with Crippen LogP contribution in [0.2, 0.25) is 0 Å². The lowest BCUT2D eigenvalue weighted by Gasteiger charge is -2.05. The Kier molecular flexibility index (Phi) is 4.44. The van der Waals surface area contributed by atoms with Crippen molar-refractivity contribution in [1.29, 1.82) is 0 Å². The summed E-state index contributed by atoms with van der Waals surface area (Å²) in [5, 5.41) is 10.9. The summed E-state index contributed by atoms with van der Waals surface area (Å²) in [6.45, 7) is 1.99. The molecule has 2 rings (SSSR count). The summed E-state index contributed by atoms with van der Waals surface area (Å²) in [7, 11) is 0. The Labute approximate surface area is 123 Å². The zero-order valence-corrected chi connectivity index (χ0v) is 12.4. The first-order valence-corrected chi connectivity index (χ1v) is 6.95. The first-order valence-electron chi connectivity index (χ1n) is 5.41. The van der Waals surface area contributed by atoms with Crippen molar-refractivity contribution in [2.45, 2.75) is 11.8 Å². The number of nitro benzene ring substituents is 1. The second kappa shape index (κ2) is 6.08. The van der Waals surface area contributed by atoms with Crippen LogP contribution in [0.1, 0.15) is 5.56 Å². The first-order chi connectivity index (χ1) is 9.06. The molecule has 0 amide bonds. The van der Waals surface area contributed by atoms with Gasteiger partial charge in [0.1, 0.15) is 0 Å². The van der Waals surface area contributed by atoms with Crippen molar-refractivity contribution in [3.8, 4) is 5.75 Å². The number of nitro groups is 1. The summed E-state index contributed by atoms with van der Waals surface area (Å²) < 4.78 is 6.08. The molecule has 0 saturated carbocycles. The van der Waals surface area contributed by atoms with E-state index in [2.05, 4.69) is 15.9 Å². The van der Waals surface area contributed by atoms with E-state index in [0.29, 0.717) is 4.47 Å². The SMILES string of the molecule is Cc1ccc(SOc2ccc(Br)cc2[N+](=O)[O-])cc1. The first kappa shape index (κ1) is 13.9. The molecule has 0 radical (unpaired) electrons. The van der Waals surface area contributed by atoms with Gasteiger partial charge in [0.15, 0.2) is 0 Å². The molecular formula is C13H10BrNO3S. The van der Waals surface area contributed by atoms with E-state index in [4.69, 9.17) is 4.18 Å². The largest absolute Gasteiger partial charge is 0.413 e. The highest BCUT2D eigenvalue weighted by molar-refractivity contribution is 9.10. The Morgan fingerprint density at radius 1 is 1.21 bits per heavy atom. The minimum atomic E-state index is -0.463. The van der Waals surface area contributed by atoms with Crippen LogP contribution in [0, 0.1) is 17.0 Å². The maximum absolute atomic E-state index is 10.9. The summed E-state index contributed by atoms with van der Waals surface area (Å²) in [6, 6.07) is 12.4. The molecule has 98 valence electrons. The van der Waals surface area contributed by atoms with Gasteiger partial charge in [-0.2, -0.15) is 0 Å². The molecule has 0 saturated heterocycles. The average molecular weight is 340 g/mol. The third kappa shape index (κ3) is 3.71. The molecule has 0 bridgehead atoms.